The lowest BCUT2D eigenvalue weighted by molar-refractivity contribution is 0.301. The molecule has 0 aliphatic heterocycles. The average molecular weight is 310 g/mol. The van der Waals surface area contributed by atoms with E-state index in [1.807, 2.05) is 18.2 Å². The van der Waals surface area contributed by atoms with Gasteiger partial charge in [0.05, 0.1) is 10.7 Å². The van der Waals surface area contributed by atoms with Crippen molar-refractivity contribution in [2.75, 3.05) is 0 Å². The molecule has 0 N–H and O–H groups in total. The number of nitrogens with zero attached hydrogens (tertiary/aromatic N) is 1. The normalized spacial score (nSPS) is 11.4. The summed E-state index contributed by atoms with van der Waals surface area (Å²) in [5.74, 6) is 0.654. The van der Waals surface area contributed by atoms with Gasteiger partial charge in [0.1, 0.15) is 12.4 Å². The molecule has 1 aromatic heterocycles. The van der Waals surface area contributed by atoms with Gasteiger partial charge in [0.25, 0.3) is 0 Å². The summed E-state index contributed by atoms with van der Waals surface area (Å²) in [5, 5.41) is 1.26. The lowest BCUT2D eigenvalue weighted by Gasteiger charge is -2.20. The molecule has 0 radical (unpaired) electrons. The van der Waals surface area contributed by atoms with E-state index in [2.05, 4.69) is 25.8 Å². The average Bonchev–Trinajstić information content (AvgIpc) is 2.36. The highest BCUT2D eigenvalue weighted by atomic mass is 35.5. The van der Waals surface area contributed by atoms with Crippen LogP contribution in [0, 0.1) is 0 Å². The monoisotopic (exact) mass is 309 g/mol. The number of hydrogen-bond donors (Lipinski definition) is 0. The molecule has 0 saturated carbocycles. The van der Waals surface area contributed by atoms with E-state index < -0.39 is 0 Å². The van der Waals surface area contributed by atoms with Gasteiger partial charge in [0.2, 0.25) is 0 Å². The predicted molar refractivity (Wildman–Crippen MR) is 83.7 cm³/mol. The molecule has 4 heteroatoms. The van der Waals surface area contributed by atoms with Gasteiger partial charge >= 0.3 is 0 Å². The first-order chi connectivity index (χ1) is 9.36. The van der Waals surface area contributed by atoms with Crippen molar-refractivity contribution >= 4 is 23.2 Å². The first-order valence-corrected chi connectivity index (χ1v) is 7.15. The Morgan fingerprint density at radius 3 is 2.45 bits per heavy atom. The lowest BCUT2D eigenvalue weighted by atomic mass is 9.87. The van der Waals surface area contributed by atoms with Crippen molar-refractivity contribution in [3.63, 3.8) is 0 Å². The van der Waals surface area contributed by atoms with E-state index in [-0.39, 0.29) is 5.41 Å². The van der Waals surface area contributed by atoms with E-state index in [1.54, 1.807) is 18.3 Å². The molecule has 0 spiro atoms. The Bertz CT molecular complexity index is 606. The summed E-state index contributed by atoms with van der Waals surface area (Å²) in [6, 6.07) is 9.39. The van der Waals surface area contributed by atoms with Crippen LogP contribution in [-0.2, 0) is 12.0 Å². The van der Waals surface area contributed by atoms with Gasteiger partial charge in [-0.15, -0.1) is 0 Å². The summed E-state index contributed by atoms with van der Waals surface area (Å²) >= 11 is 12.2. The van der Waals surface area contributed by atoms with Crippen molar-refractivity contribution in [2.45, 2.75) is 32.8 Å². The van der Waals surface area contributed by atoms with Gasteiger partial charge < -0.3 is 4.74 Å². The van der Waals surface area contributed by atoms with Crippen molar-refractivity contribution < 1.29 is 4.74 Å². The summed E-state index contributed by atoms with van der Waals surface area (Å²) in [7, 11) is 0. The molecule has 0 fully saturated rings. The Balaban J connectivity index is 2.11. The third-order valence-electron chi connectivity index (χ3n) is 2.95. The van der Waals surface area contributed by atoms with Crippen LogP contribution in [0.3, 0.4) is 0 Å². The van der Waals surface area contributed by atoms with Gasteiger partial charge in [-0.2, -0.15) is 0 Å². The second kappa shape index (κ2) is 6.02. The minimum Gasteiger partial charge on any atom is -0.486 e. The van der Waals surface area contributed by atoms with Gasteiger partial charge in [-0.3, -0.25) is 4.98 Å². The number of benzene rings is 1. The van der Waals surface area contributed by atoms with Gasteiger partial charge in [-0.1, -0.05) is 50.0 Å². The molecule has 0 unspecified atom stereocenters. The maximum absolute atomic E-state index is 6.26. The number of pyridine rings is 1. The van der Waals surface area contributed by atoms with Crippen molar-refractivity contribution in [2.24, 2.45) is 0 Å². The second-order valence-corrected chi connectivity index (χ2v) is 6.49. The Hall–Kier alpha value is -1.25. The minimum atomic E-state index is 0.0662. The fraction of sp³-hybridized carbons (Fsp3) is 0.312. The van der Waals surface area contributed by atoms with Crippen molar-refractivity contribution in [3.8, 4) is 5.75 Å². The first kappa shape index (κ1) is 15.1. The molecule has 2 rings (SSSR count). The maximum atomic E-state index is 6.26. The van der Waals surface area contributed by atoms with Gasteiger partial charge in [-0.05, 0) is 35.2 Å². The fourth-order valence-corrected chi connectivity index (χ4v) is 2.18. The number of hydrogen-bond acceptors (Lipinski definition) is 2. The summed E-state index contributed by atoms with van der Waals surface area (Å²) in [5.41, 5.74) is 2.01. The zero-order valence-corrected chi connectivity index (χ0v) is 13.3. The van der Waals surface area contributed by atoms with E-state index in [1.165, 1.54) is 5.56 Å². The van der Waals surface area contributed by atoms with Crippen LogP contribution in [0.15, 0.2) is 36.5 Å². The molecule has 1 heterocycles. The van der Waals surface area contributed by atoms with Gasteiger partial charge in [-0.25, -0.2) is 0 Å². The third kappa shape index (κ3) is 3.87. The number of rotatable bonds is 3. The van der Waals surface area contributed by atoms with Crippen LogP contribution in [0.5, 0.6) is 5.75 Å². The van der Waals surface area contributed by atoms with Gasteiger partial charge in [0, 0.05) is 11.2 Å². The minimum absolute atomic E-state index is 0.0662. The van der Waals surface area contributed by atoms with E-state index in [0.717, 1.165) is 5.69 Å². The van der Waals surface area contributed by atoms with E-state index in [0.29, 0.717) is 22.4 Å². The molecule has 0 aliphatic rings. The van der Waals surface area contributed by atoms with E-state index in [4.69, 9.17) is 27.9 Å². The Morgan fingerprint density at radius 2 is 1.85 bits per heavy atom. The quantitative estimate of drug-likeness (QED) is 0.771. The summed E-state index contributed by atoms with van der Waals surface area (Å²) in [6.45, 7) is 6.79. The molecule has 1 aromatic carbocycles. The predicted octanol–water partition coefficient (Wildman–Crippen LogP) is 5.26. The zero-order chi connectivity index (χ0) is 14.8. The van der Waals surface area contributed by atoms with Crippen molar-refractivity contribution in [1.82, 2.24) is 4.98 Å². The van der Waals surface area contributed by atoms with E-state index in [9.17, 15) is 0 Å². The lowest BCUT2D eigenvalue weighted by Crippen LogP contribution is -2.11. The standard InChI is InChI=1S/C16H17Cl2NO/c1-16(2,3)11-4-5-15(14(18)8-11)20-10-13-9-12(17)6-7-19-13/h4-9H,10H2,1-3H3. The largest absolute Gasteiger partial charge is 0.486 e. The second-order valence-electron chi connectivity index (χ2n) is 5.65. The van der Waals surface area contributed by atoms with E-state index >= 15 is 0 Å². The molecule has 106 valence electrons. The van der Waals surface area contributed by atoms with Crippen LogP contribution in [-0.4, -0.2) is 4.98 Å². The van der Waals surface area contributed by atoms with Crippen LogP contribution < -0.4 is 4.74 Å². The molecule has 0 aliphatic carbocycles. The Kier molecular flexibility index (Phi) is 4.56. The molecular weight excluding hydrogens is 293 g/mol. The maximum Gasteiger partial charge on any atom is 0.138 e. The van der Waals surface area contributed by atoms with Crippen molar-refractivity contribution in [3.05, 3.63) is 57.8 Å². The third-order valence-corrected chi connectivity index (χ3v) is 3.48. The smallest absolute Gasteiger partial charge is 0.138 e. The zero-order valence-electron chi connectivity index (χ0n) is 11.8. The number of aromatic nitrogens is 1. The highest BCUT2D eigenvalue weighted by molar-refractivity contribution is 6.32. The molecule has 0 amide bonds. The first-order valence-electron chi connectivity index (χ1n) is 6.39. The summed E-state index contributed by atoms with van der Waals surface area (Å²) in [4.78, 5) is 4.19. The molecular formula is C16H17Cl2NO. The highest BCUT2D eigenvalue weighted by Gasteiger charge is 2.15. The van der Waals surface area contributed by atoms with Gasteiger partial charge in [0.15, 0.2) is 0 Å². The number of ether oxygens (including phenoxy) is 1. The fourth-order valence-electron chi connectivity index (χ4n) is 1.76. The summed E-state index contributed by atoms with van der Waals surface area (Å²) < 4.78 is 5.69. The molecule has 2 aromatic rings. The highest BCUT2D eigenvalue weighted by Crippen LogP contribution is 2.31. The number of halogens is 2. The van der Waals surface area contributed by atoms with Crippen LogP contribution in [0.4, 0.5) is 0 Å². The van der Waals surface area contributed by atoms with Crippen molar-refractivity contribution in [1.29, 1.82) is 0 Å². The topological polar surface area (TPSA) is 22.1 Å². The Morgan fingerprint density at radius 1 is 1.10 bits per heavy atom. The molecule has 0 bridgehead atoms. The van der Waals surface area contributed by atoms with Crippen LogP contribution >= 0.6 is 23.2 Å². The molecule has 0 saturated heterocycles. The SMILES string of the molecule is CC(C)(C)c1ccc(OCc2cc(Cl)ccn2)c(Cl)c1. The molecule has 0 atom stereocenters. The van der Waals surface area contributed by atoms with Crippen LogP contribution in [0.25, 0.3) is 0 Å². The van der Waals surface area contributed by atoms with Crippen LogP contribution in [0.2, 0.25) is 10.0 Å². The molecule has 2 nitrogen and oxygen atoms in total. The summed E-state index contributed by atoms with van der Waals surface area (Å²) in [6.07, 6.45) is 1.66. The molecule has 20 heavy (non-hydrogen) atoms. The van der Waals surface area contributed by atoms with Crippen LogP contribution in [0.1, 0.15) is 32.0 Å². The Labute approximate surface area is 129 Å².